The molecule has 1 aliphatic carbocycles. The Bertz CT molecular complexity index is 1320. The number of anilines is 1. The molecule has 4 aromatic rings. The van der Waals surface area contributed by atoms with Gasteiger partial charge in [0.25, 0.3) is 0 Å². The van der Waals surface area contributed by atoms with Gasteiger partial charge in [-0.3, -0.25) is 9.20 Å². The average molecular weight is 416 g/mol. The lowest BCUT2D eigenvalue weighted by molar-refractivity contribution is -0.136. The van der Waals surface area contributed by atoms with Crippen LogP contribution in [-0.4, -0.2) is 58.5 Å². The number of aromatic nitrogens is 6. The molecule has 1 aliphatic heterocycles. The van der Waals surface area contributed by atoms with Crippen LogP contribution in [0, 0.1) is 6.92 Å². The minimum atomic E-state index is -0.0338. The van der Waals surface area contributed by atoms with Gasteiger partial charge in [-0.2, -0.15) is 4.98 Å². The lowest BCUT2D eigenvalue weighted by Crippen LogP contribution is -2.59. The van der Waals surface area contributed by atoms with E-state index in [1.165, 1.54) is 0 Å². The van der Waals surface area contributed by atoms with E-state index in [9.17, 15) is 4.79 Å². The monoisotopic (exact) mass is 416 g/mol. The molecule has 1 amide bonds. The number of hydrogen-bond acceptors (Lipinski definition) is 6. The van der Waals surface area contributed by atoms with Crippen LogP contribution in [0.4, 0.5) is 5.95 Å². The zero-order chi connectivity index (χ0) is 21.2. The topological polar surface area (TPSA) is 104 Å². The Hall–Kier alpha value is -3.49. The van der Waals surface area contributed by atoms with E-state index in [1.807, 2.05) is 42.0 Å². The van der Waals surface area contributed by atoms with Crippen molar-refractivity contribution in [2.45, 2.75) is 51.1 Å². The maximum absolute atomic E-state index is 12.1. The summed E-state index contributed by atoms with van der Waals surface area (Å²) in [5.41, 5.74) is 3.68. The zero-order valence-electron chi connectivity index (χ0n) is 17.6. The number of carbonyl (C=O) groups excluding carboxylic acids is 1. The van der Waals surface area contributed by atoms with Crippen molar-refractivity contribution >= 4 is 28.5 Å². The number of amides is 1. The summed E-state index contributed by atoms with van der Waals surface area (Å²) in [7, 11) is 0. The number of fused-ring (bicyclic) bond motifs is 2. The van der Waals surface area contributed by atoms with Gasteiger partial charge in [0.1, 0.15) is 11.5 Å². The molecule has 0 spiro atoms. The van der Waals surface area contributed by atoms with E-state index < -0.39 is 0 Å². The Morgan fingerprint density at radius 2 is 2.13 bits per heavy atom. The van der Waals surface area contributed by atoms with Gasteiger partial charge in [0.15, 0.2) is 5.65 Å². The molecule has 9 nitrogen and oxygen atoms in total. The van der Waals surface area contributed by atoms with Crippen LogP contribution in [0.5, 0.6) is 0 Å². The van der Waals surface area contributed by atoms with Gasteiger partial charge in [-0.15, -0.1) is 10.2 Å². The highest BCUT2D eigenvalue weighted by Gasteiger charge is 2.48. The van der Waals surface area contributed by atoms with E-state index in [-0.39, 0.29) is 17.5 Å². The summed E-state index contributed by atoms with van der Waals surface area (Å²) in [6, 6.07) is 4.28. The zero-order valence-corrected chi connectivity index (χ0v) is 17.6. The standard InChI is InChI=1S/C22H24N8O/c1-13-27-28-18-6-5-14(12-29(13)18)16-10-23-20-17(16)11-24-21(26-20)25-15-8-22(2,9-15)30-7-3-4-19(30)31/h5-6,10-12,15H,3-4,7-9H2,1-2H3,(H2,23,24,25,26)/t15-,22+. The highest BCUT2D eigenvalue weighted by molar-refractivity contribution is 5.93. The number of aryl methyl sites for hydroxylation is 1. The third-order valence-electron chi connectivity index (χ3n) is 6.75. The van der Waals surface area contributed by atoms with Crippen molar-refractivity contribution in [1.29, 1.82) is 0 Å². The molecule has 158 valence electrons. The minimum Gasteiger partial charge on any atom is -0.351 e. The van der Waals surface area contributed by atoms with Crippen molar-refractivity contribution in [1.82, 2.24) is 34.4 Å². The van der Waals surface area contributed by atoms with Gasteiger partial charge in [0.2, 0.25) is 11.9 Å². The highest BCUT2D eigenvalue weighted by atomic mass is 16.2. The Kier molecular flexibility index (Phi) is 3.84. The molecular formula is C22H24N8O. The number of H-pyrrole nitrogens is 1. The van der Waals surface area contributed by atoms with Crippen LogP contribution >= 0.6 is 0 Å². The molecular weight excluding hydrogens is 392 g/mol. The smallest absolute Gasteiger partial charge is 0.224 e. The number of likely N-dealkylation sites (tertiary alicyclic amines) is 1. The van der Waals surface area contributed by atoms with Gasteiger partial charge in [-0.05, 0) is 45.2 Å². The Morgan fingerprint density at radius 1 is 1.26 bits per heavy atom. The lowest BCUT2D eigenvalue weighted by Gasteiger charge is -2.51. The molecule has 1 saturated heterocycles. The summed E-state index contributed by atoms with van der Waals surface area (Å²) in [6.45, 7) is 5.01. The normalized spacial score (nSPS) is 23.6. The van der Waals surface area contributed by atoms with Crippen LogP contribution in [0.15, 0.2) is 30.7 Å². The number of carbonyl (C=O) groups is 1. The fourth-order valence-electron chi connectivity index (χ4n) is 5.11. The predicted molar refractivity (Wildman–Crippen MR) is 117 cm³/mol. The number of hydrogen-bond donors (Lipinski definition) is 2. The molecule has 1 saturated carbocycles. The fraction of sp³-hybridized carbons (Fsp3) is 0.409. The molecule has 0 bridgehead atoms. The summed E-state index contributed by atoms with van der Waals surface area (Å²) in [5.74, 6) is 1.76. The summed E-state index contributed by atoms with van der Waals surface area (Å²) in [4.78, 5) is 26.7. The number of rotatable bonds is 4. The third kappa shape index (κ3) is 2.87. The minimum absolute atomic E-state index is 0.0338. The predicted octanol–water partition coefficient (Wildman–Crippen LogP) is 2.93. The first kappa shape index (κ1) is 18.3. The Labute approximate surface area is 178 Å². The highest BCUT2D eigenvalue weighted by Crippen LogP contribution is 2.41. The SMILES string of the molecule is Cc1nnc2ccc(-c3c[nH]c4nc(N[C@H]5C[C@@](C)(N6CCCC6=O)C5)ncc34)cn12. The van der Waals surface area contributed by atoms with Gasteiger partial charge >= 0.3 is 0 Å². The van der Waals surface area contributed by atoms with Gasteiger partial charge in [0, 0.05) is 59.7 Å². The third-order valence-corrected chi connectivity index (χ3v) is 6.75. The lowest BCUT2D eigenvalue weighted by atomic mass is 9.73. The molecule has 31 heavy (non-hydrogen) atoms. The molecule has 0 unspecified atom stereocenters. The van der Waals surface area contributed by atoms with Crippen molar-refractivity contribution < 1.29 is 4.79 Å². The van der Waals surface area contributed by atoms with Crippen molar-refractivity contribution in [2.75, 3.05) is 11.9 Å². The molecule has 9 heteroatoms. The summed E-state index contributed by atoms with van der Waals surface area (Å²) in [6.07, 6.45) is 9.37. The Balaban J connectivity index is 1.21. The number of aromatic amines is 1. The molecule has 0 aromatic carbocycles. The number of nitrogens with zero attached hydrogens (tertiary/aromatic N) is 6. The van der Waals surface area contributed by atoms with Crippen molar-refractivity contribution in [2.24, 2.45) is 0 Å². The first-order valence-corrected chi connectivity index (χ1v) is 10.7. The van der Waals surface area contributed by atoms with E-state index >= 15 is 0 Å². The van der Waals surface area contributed by atoms with Gasteiger partial charge in [-0.1, -0.05) is 0 Å². The van der Waals surface area contributed by atoms with E-state index in [0.717, 1.165) is 59.4 Å². The second-order valence-electron chi connectivity index (χ2n) is 8.95. The van der Waals surface area contributed by atoms with E-state index in [4.69, 9.17) is 0 Å². The second kappa shape index (κ2) is 6.50. The van der Waals surface area contributed by atoms with Crippen LogP contribution in [-0.2, 0) is 4.79 Å². The van der Waals surface area contributed by atoms with Crippen molar-refractivity contribution in [3.05, 3.63) is 36.5 Å². The van der Waals surface area contributed by atoms with E-state index in [2.05, 4.69) is 42.3 Å². The first-order chi connectivity index (χ1) is 15.0. The van der Waals surface area contributed by atoms with Crippen molar-refractivity contribution in [3.63, 3.8) is 0 Å². The summed E-state index contributed by atoms with van der Waals surface area (Å²) >= 11 is 0. The molecule has 4 aromatic heterocycles. The van der Waals surface area contributed by atoms with Crippen LogP contribution in [0.1, 0.15) is 38.4 Å². The fourth-order valence-corrected chi connectivity index (χ4v) is 5.11. The molecule has 0 atom stereocenters. The van der Waals surface area contributed by atoms with Gasteiger partial charge in [0.05, 0.1) is 0 Å². The first-order valence-electron chi connectivity index (χ1n) is 10.7. The molecule has 2 N–H and O–H groups in total. The molecule has 2 fully saturated rings. The average Bonchev–Trinajstić information content (AvgIpc) is 3.45. The number of nitrogens with one attached hydrogen (secondary N) is 2. The van der Waals surface area contributed by atoms with Crippen molar-refractivity contribution in [3.8, 4) is 11.1 Å². The molecule has 5 heterocycles. The quantitative estimate of drug-likeness (QED) is 0.530. The number of pyridine rings is 1. The molecule has 6 rings (SSSR count). The summed E-state index contributed by atoms with van der Waals surface area (Å²) in [5, 5.41) is 12.7. The maximum Gasteiger partial charge on any atom is 0.224 e. The largest absolute Gasteiger partial charge is 0.351 e. The van der Waals surface area contributed by atoms with Crippen LogP contribution < -0.4 is 5.32 Å². The van der Waals surface area contributed by atoms with Crippen LogP contribution in [0.25, 0.3) is 27.8 Å². The van der Waals surface area contributed by atoms with Gasteiger partial charge < -0.3 is 15.2 Å². The van der Waals surface area contributed by atoms with Crippen LogP contribution in [0.2, 0.25) is 0 Å². The van der Waals surface area contributed by atoms with E-state index in [0.29, 0.717) is 12.4 Å². The van der Waals surface area contributed by atoms with E-state index in [1.54, 1.807) is 0 Å². The Morgan fingerprint density at radius 3 is 2.94 bits per heavy atom. The maximum atomic E-state index is 12.1. The molecule has 0 radical (unpaired) electrons. The molecule has 2 aliphatic rings. The second-order valence-corrected chi connectivity index (χ2v) is 8.95. The summed E-state index contributed by atoms with van der Waals surface area (Å²) < 4.78 is 1.98. The van der Waals surface area contributed by atoms with Gasteiger partial charge in [-0.25, -0.2) is 4.98 Å². The van der Waals surface area contributed by atoms with Crippen LogP contribution in [0.3, 0.4) is 0 Å².